The van der Waals surface area contributed by atoms with E-state index in [2.05, 4.69) is 35.3 Å². The summed E-state index contributed by atoms with van der Waals surface area (Å²) < 4.78 is 0. The molecule has 0 amide bonds. The Morgan fingerprint density at radius 1 is 1.11 bits per heavy atom. The van der Waals surface area contributed by atoms with Crippen LogP contribution in [0.15, 0.2) is 42.5 Å². The van der Waals surface area contributed by atoms with E-state index < -0.39 is 0 Å². The highest BCUT2D eigenvalue weighted by atomic mass is 32.1. The van der Waals surface area contributed by atoms with Crippen LogP contribution in [0.25, 0.3) is 21.3 Å². The maximum absolute atomic E-state index is 9.22. The molecule has 1 heterocycles. The summed E-state index contributed by atoms with van der Waals surface area (Å²) in [4.78, 5) is 5.46. The molecule has 3 aromatic rings. The van der Waals surface area contributed by atoms with Gasteiger partial charge in [0, 0.05) is 5.56 Å². The van der Waals surface area contributed by atoms with E-state index >= 15 is 0 Å². The van der Waals surface area contributed by atoms with E-state index in [0.29, 0.717) is 0 Å². The topological polar surface area (TPSA) is 33.1 Å². The first-order chi connectivity index (χ1) is 8.78. The molecule has 0 spiro atoms. The molecule has 0 aliphatic heterocycles. The summed E-state index contributed by atoms with van der Waals surface area (Å²) in [5.41, 5.74) is 2.03. The number of nitrogens with zero attached hydrogens (tertiary/aromatic N) is 1. The van der Waals surface area contributed by atoms with E-state index in [4.69, 9.17) is 0 Å². The Morgan fingerprint density at radius 2 is 1.89 bits per heavy atom. The third-order valence-electron chi connectivity index (χ3n) is 3.03. The maximum Gasteiger partial charge on any atom is 0.123 e. The van der Waals surface area contributed by atoms with Crippen molar-refractivity contribution in [2.45, 2.75) is 13.5 Å². The lowest BCUT2D eigenvalue weighted by Crippen LogP contribution is -1.81. The smallest absolute Gasteiger partial charge is 0.123 e. The van der Waals surface area contributed by atoms with Crippen molar-refractivity contribution in [2.75, 3.05) is 0 Å². The molecule has 0 bridgehead atoms. The minimum absolute atomic E-state index is 0.0665. The lowest BCUT2D eigenvalue weighted by Gasteiger charge is -2.00. The van der Waals surface area contributed by atoms with Gasteiger partial charge in [0.1, 0.15) is 5.01 Å². The van der Waals surface area contributed by atoms with Crippen LogP contribution in [-0.4, -0.2) is 10.1 Å². The monoisotopic (exact) mass is 255 g/mol. The van der Waals surface area contributed by atoms with Crippen molar-refractivity contribution in [1.29, 1.82) is 0 Å². The summed E-state index contributed by atoms with van der Waals surface area (Å²) in [6.07, 6.45) is 0. The van der Waals surface area contributed by atoms with Gasteiger partial charge in [-0.1, -0.05) is 36.4 Å². The molecule has 0 unspecified atom stereocenters. The minimum Gasteiger partial charge on any atom is -0.391 e. The maximum atomic E-state index is 9.22. The second-order valence-electron chi connectivity index (χ2n) is 4.25. The van der Waals surface area contributed by atoms with E-state index in [-0.39, 0.29) is 6.61 Å². The molecule has 1 N–H and O–H groups in total. The van der Waals surface area contributed by atoms with E-state index in [1.165, 1.54) is 10.8 Å². The Morgan fingerprint density at radius 3 is 2.61 bits per heavy atom. The van der Waals surface area contributed by atoms with Crippen LogP contribution in [0.1, 0.15) is 10.6 Å². The molecule has 2 nitrogen and oxygen atoms in total. The highest BCUT2D eigenvalue weighted by molar-refractivity contribution is 7.15. The second kappa shape index (κ2) is 4.52. The molecule has 0 aliphatic rings. The number of hydrogen-bond donors (Lipinski definition) is 1. The Balaban J connectivity index is 2.13. The first kappa shape index (κ1) is 11.4. The van der Waals surface area contributed by atoms with Gasteiger partial charge in [0.05, 0.1) is 17.2 Å². The van der Waals surface area contributed by atoms with Gasteiger partial charge >= 0.3 is 0 Å². The summed E-state index contributed by atoms with van der Waals surface area (Å²) in [5.74, 6) is 0. The van der Waals surface area contributed by atoms with E-state index in [1.807, 2.05) is 19.1 Å². The number of thiazole rings is 1. The van der Waals surface area contributed by atoms with Gasteiger partial charge in [-0.3, -0.25) is 0 Å². The molecule has 3 heteroatoms. The summed E-state index contributed by atoms with van der Waals surface area (Å²) >= 11 is 1.56. The number of aryl methyl sites for hydroxylation is 1. The molecule has 0 radical (unpaired) electrons. The minimum atomic E-state index is 0.0665. The van der Waals surface area contributed by atoms with Crippen LogP contribution in [-0.2, 0) is 6.61 Å². The summed E-state index contributed by atoms with van der Waals surface area (Å²) in [6, 6.07) is 14.6. The lowest BCUT2D eigenvalue weighted by molar-refractivity contribution is 0.284. The molecular weight excluding hydrogens is 242 g/mol. The van der Waals surface area contributed by atoms with Crippen molar-refractivity contribution in [2.24, 2.45) is 0 Å². The van der Waals surface area contributed by atoms with Crippen LogP contribution in [0.4, 0.5) is 0 Å². The van der Waals surface area contributed by atoms with Crippen molar-refractivity contribution in [3.63, 3.8) is 0 Å². The van der Waals surface area contributed by atoms with E-state index in [0.717, 1.165) is 21.1 Å². The molecule has 1 aromatic heterocycles. The number of aliphatic hydroxyl groups excluding tert-OH is 1. The number of hydrogen-bond acceptors (Lipinski definition) is 3. The van der Waals surface area contributed by atoms with Crippen LogP contribution in [0.5, 0.6) is 0 Å². The van der Waals surface area contributed by atoms with Gasteiger partial charge in [0.25, 0.3) is 0 Å². The highest BCUT2D eigenvalue weighted by Crippen LogP contribution is 2.30. The highest BCUT2D eigenvalue weighted by Gasteiger charge is 2.08. The van der Waals surface area contributed by atoms with Crippen molar-refractivity contribution in [3.8, 4) is 10.6 Å². The van der Waals surface area contributed by atoms with Crippen LogP contribution >= 0.6 is 11.3 Å². The Kier molecular flexibility index (Phi) is 2.86. The van der Waals surface area contributed by atoms with Crippen molar-refractivity contribution in [3.05, 3.63) is 53.0 Å². The molecule has 3 rings (SSSR count). The number of fused-ring (bicyclic) bond motifs is 1. The van der Waals surface area contributed by atoms with Gasteiger partial charge < -0.3 is 5.11 Å². The largest absolute Gasteiger partial charge is 0.391 e. The van der Waals surface area contributed by atoms with Gasteiger partial charge in [-0.2, -0.15) is 0 Å². The normalized spacial score (nSPS) is 11.0. The fourth-order valence-electron chi connectivity index (χ4n) is 2.02. The second-order valence-corrected chi connectivity index (χ2v) is 5.33. The van der Waals surface area contributed by atoms with Gasteiger partial charge in [-0.15, -0.1) is 11.3 Å². The van der Waals surface area contributed by atoms with E-state index in [9.17, 15) is 5.11 Å². The van der Waals surface area contributed by atoms with Crippen LogP contribution in [0.3, 0.4) is 0 Å². The first-order valence-electron chi connectivity index (χ1n) is 5.84. The summed E-state index contributed by atoms with van der Waals surface area (Å²) in [7, 11) is 0. The number of aliphatic hydroxyl groups is 1. The van der Waals surface area contributed by atoms with Crippen LogP contribution in [0, 0.1) is 6.92 Å². The summed E-state index contributed by atoms with van der Waals surface area (Å²) in [5, 5.41) is 12.6. The zero-order valence-corrected chi connectivity index (χ0v) is 10.9. The molecule has 18 heavy (non-hydrogen) atoms. The molecule has 0 fully saturated rings. The van der Waals surface area contributed by atoms with E-state index in [1.54, 1.807) is 11.3 Å². The fourth-order valence-corrected chi connectivity index (χ4v) is 2.94. The van der Waals surface area contributed by atoms with Gasteiger partial charge in [-0.05, 0) is 23.8 Å². The van der Waals surface area contributed by atoms with Crippen LogP contribution < -0.4 is 0 Å². The third kappa shape index (κ3) is 1.92. The molecule has 0 atom stereocenters. The molecule has 2 aromatic carbocycles. The quantitative estimate of drug-likeness (QED) is 0.756. The van der Waals surface area contributed by atoms with Crippen molar-refractivity contribution < 1.29 is 5.11 Å². The summed E-state index contributed by atoms with van der Waals surface area (Å²) in [6.45, 7) is 2.00. The first-order valence-corrected chi connectivity index (χ1v) is 6.66. The number of benzene rings is 2. The average Bonchev–Trinajstić information content (AvgIpc) is 2.79. The average molecular weight is 255 g/mol. The zero-order valence-electron chi connectivity index (χ0n) is 10.1. The third-order valence-corrected chi connectivity index (χ3v) is 4.22. The van der Waals surface area contributed by atoms with Crippen LogP contribution in [0.2, 0.25) is 0 Å². The lowest BCUT2D eigenvalue weighted by atomic mass is 10.1. The molecule has 0 aliphatic carbocycles. The number of aromatic nitrogens is 1. The van der Waals surface area contributed by atoms with Crippen molar-refractivity contribution >= 4 is 22.1 Å². The Bertz CT molecular complexity index is 703. The van der Waals surface area contributed by atoms with Crippen molar-refractivity contribution in [1.82, 2.24) is 4.98 Å². The Labute approximate surface area is 110 Å². The molecule has 0 saturated carbocycles. The molecular formula is C15H13NOS. The van der Waals surface area contributed by atoms with Gasteiger partial charge in [-0.25, -0.2) is 4.98 Å². The predicted octanol–water partition coefficient (Wildman–Crippen LogP) is 3.76. The molecule has 90 valence electrons. The number of rotatable bonds is 2. The van der Waals surface area contributed by atoms with Gasteiger partial charge in [0.15, 0.2) is 0 Å². The fraction of sp³-hybridized carbons (Fsp3) is 0.133. The standard InChI is InChI=1S/C15H13NOS/c1-10-14(9-17)18-15(16-10)13-7-6-11-4-2-3-5-12(11)8-13/h2-8,17H,9H2,1H3. The Hall–Kier alpha value is -1.71. The zero-order chi connectivity index (χ0) is 12.5. The predicted molar refractivity (Wildman–Crippen MR) is 75.7 cm³/mol. The molecule has 0 saturated heterocycles. The SMILES string of the molecule is Cc1nc(-c2ccc3ccccc3c2)sc1CO. The van der Waals surface area contributed by atoms with Gasteiger partial charge in [0.2, 0.25) is 0 Å².